The van der Waals surface area contributed by atoms with Gasteiger partial charge in [-0.3, -0.25) is 8.98 Å². The van der Waals surface area contributed by atoms with Crippen molar-refractivity contribution in [2.45, 2.75) is 38.3 Å². The zero-order valence-electron chi connectivity index (χ0n) is 27.7. The summed E-state index contributed by atoms with van der Waals surface area (Å²) in [6.45, 7) is 4.15. The lowest BCUT2D eigenvalue weighted by Crippen LogP contribution is -2.46. The SMILES string of the molecule is CC(C)(OS(C)(=O)=O)C(=O)NCCn1ccc2ncnc(Nc3ccc(OC4=CN(Cc5ccccc5)S(Cc5ccccc5)=C4)c(Cl)c3)c21. The van der Waals surface area contributed by atoms with Crippen molar-refractivity contribution >= 4 is 66.2 Å². The zero-order chi connectivity index (χ0) is 35.3. The Morgan fingerprint density at radius 1 is 0.980 bits per heavy atom. The van der Waals surface area contributed by atoms with Crippen molar-refractivity contribution in [2.24, 2.45) is 0 Å². The van der Waals surface area contributed by atoms with E-state index in [1.807, 2.05) is 53.2 Å². The minimum absolute atomic E-state index is 0.216. The molecule has 0 spiro atoms. The summed E-state index contributed by atoms with van der Waals surface area (Å²) in [5, 5.41) is 8.66. The van der Waals surface area contributed by atoms with Gasteiger partial charge in [-0.2, -0.15) is 8.42 Å². The molecule has 0 saturated carbocycles. The predicted octanol–water partition coefficient (Wildman–Crippen LogP) is 6.62. The molecule has 2 aromatic heterocycles. The first kappa shape index (κ1) is 35.1. The summed E-state index contributed by atoms with van der Waals surface area (Å²) in [6, 6.07) is 28.1. The van der Waals surface area contributed by atoms with Gasteiger partial charge in [0, 0.05) is 36.1 Å². The van der Waals surface area contributed by atoms with Gasteiger partial charge in [-0.25, -0.2) is 9.97 Å². The van der Waals surface area contributed by atoms with E-state index in [0.717, 1.165) is 29.8 Å². The summed E-state index contributed by atoms with van der Waals surface area (Å²) < 4.78 is 38.6. The van der Waals surface area contributed by atoms with Crippen molar-refractivity contribution in [2.75, 3.05) is 18.1 Å². The van der Waals surface area contributed by atoms with Crippen LogP contribution >= 0.6 is 22.3 Å². The van der Waals surface area contributed by atoms with Crippen LogP contribution in [0.3, 0.4) is 0 Å². The van der Waals surface area contributed by atoms with Gasteiger partial charge in [-0.15, -0.1) is 0 Å². The van der Waals surface area contributed by atoms with Crippen LogP contribution < -0.4 is 15.4 Å². The molecule has 1 atom stereocenters. The van der Waals surface area contributed by atoms with E-state index in [1.165, 1.54) is 31.3 Å². The minimum atomic E-state index is -3.81. The fourth-order valence-corrected chi connectivity index (χ4v) is 8.31. The topological polar surface area (TPSA) is 128 Å². The van der Waals surface area contributed by atoms with Gasteiger partial charge in [0.15, 0.2) is 17.2 Å². The van der Waals surface area contributed by atoms with Crippen molar-refractivity contribution in [3.63, 3.8) is 0 Å². The van der Waals surface area contributed by atoms with Crippen molar-refractivity contribution in [1.29, 1.82) is 0 Å². The molecule has 14 heteroatoms. The molecule has 1 aliphatic rings. The van der Waals surface area contributed by atoms with Crippen LogP contribution in [-0.2, 0) is 37.9 Å². The first-order valence-electron chi connectivity index (χ1n) is 15.8. The van der Waals surface area contributed by atoms with Crippen molar-refractivity contribution in [3.05, 3.63) is 126 Å². The van der Waals surface area contributed by atoms with Gasteiger partial charge in [-0.05, 0) is 49.2 Å². The quantitative estimate of drug-likeness (QED) is 0.0957. The van der Waals surface area contributed by atoms with E-state index < -0.39 is 21.6 Å². The van der Waals surface area contributed by atoms with E-state index in [-0.39, 0.29) is 17.2 Å². The van der Waals surface area contributed by atoms with Crippen molar-refractivity contribution in [1.82, 2.24) is 24.2 Å². The van der Waals surface area contributed by atoms with E-state index in [1.54, 1.807) is 6.07 Å². The molecule has 5 aromatic rings. The van der Waals surface area contributed by atoms with Gasteiger partial charge in [0.2, 0.25) is 0 Å². The maximum Gasteiger partial charge on any atom is 0.265 e. The number of allylic oxidation sites excluding steroid dienone is 1. The van der Waals surface area contributed by atoms with Gasteiger partial charge in [-0.1, -0.05) is 82.9 Å². The number of rotatable bonds is 14. The fraction of sp³-hybridized carbons (Fsp3) is 0.222. The number of amides is 1. The number of nitrogens with zero attached hydrogens (tertiary/aromatic N) is 4. The molecule has 260 valence electrons. The zero-order valence-corrected chi connectivity index (χ0v) is 30.1. The molecule has 2 N–H and O–H groups in total. The molecule has 0 aliphatic carbocycles. The average molecular weight is 733 g/mol. The molecule has 3 aromatic carbocycles. The van der Waals surface area contributed by atoms with E-state index in [2.05, 4.69) is 72.9 Å². The van der Waals surface area contributed by atoms with Gasteiger partial charge < -0.3 is 24.2 Å². The maximum absolute atomic E-state index is 12.6. The third kappa shape index (κ3) is 8.90. The van der Waals surface area contributed by atoms with Gasteiger partial charge >= 0.3 is 0 Å². The number of hydrogen-bond acceptors (Lipinski definition) is 9. The average Bonchev–Trinajstić information content (AvgIpc) is 3.66. The highest BCUT2D eigenvalue weighted by atomic mass is 35.5. The molecule has 0 radical (unpaired) electrons. The molecule has 0 bridgehead atoms. The van der Waals surface area contributed by atoms with Gasteiger partial charge in [0.25, 0.3) is 16.0 Å². The Morgan fingerprint density at radius 3 is 2.40 bits per heavy atom. The molecule has 1 amide bonds. The second-order valence-corrected chi connectivity index (χ2v) is 15.9. The predicted molar refractivity (Wildman–Crippen MR) is 200 cm³/mol. The number of ether oxygens (including phenoxy) is 1. The molecule has 1 aliphatic heterocycles. The smallest absolute Gasteiger partial charge is 0.265 e. The lowest BCUT2D eigenvalue weighted by Gasteiger charge is -2.22. The molecule has 0 saturated heterocycles. The number of carbonyl (C=O) groups excluding carboxylic acids is 1. The van der Waals surface area contributed by atoms with Crippen LogP contribution in [0.15, 0.2) is 109 Å². The number of carbonyl (C=O) groups is 1. The second kappa shape index (κ2) is 15.1. The molecule has 50 heavy (non-hydrogen) atoms. The highest BCUT2D eigenvalue weighted by Gasteiger charge is 2.32. The molecule has 1 unspecified atom stereocenters. The first-order chi connectivity index (χ1) is 23.9. The van der Waals surface area contributed by atoms with Crippen LogP contribution in [0, 0.1) is 0 Å². The monoisotopic (exact) mass is 732 g/mol. The number of fused-ring (bicyclic) bond motifs is 1. The van der Waals surface area contributed by atoms with Crippen molar-refractivity contribution < 1.29 is 22.1 Å². The second-order valence-electron chi connectivity index (χ2n) is 12.1. The molecule has 6 rings (SSSR count). The van der Waals surface area contributed by atoms with Gasteiger partial charge in [0.1, 0.15) is 17.6 Å². The van der Waals surface area contributed by atoms with E-state index in [9.17, 15) is 13.2 Å². The fourth-order valence-electron chi connectivity index (χ4n) is 5.41. The maximum atomic E-state index is 12.6. The molecule has 11 nitrogen and oxygen atoms in total. The Bertz CT molecular complexity index is 2170. The first-order valence-corrected chi connectivity index (χ1v) is 19.4. The van der Waals surface area contributed by atoms with Crippen LogP contribution in [0.4, 0.5) is 11.5 Å². The summed E-state index contributed by atoms with van der Waals surface area (Å²) in [4.78, 5) is 21.5. The minimum Gasteiger partial charge on any atom is -0.454 e. The third-order valence-corrected chi connectivity index (χ3v) is 10.7. The van der Waals surface area contributed by atoms with Crippen LogP contribution in [0.5, 0.6) is 5.75 Å². The van der Waals surface area contributed by atoms with Crippen molar-refractivity contribution in [3.8, 4) is 5.75 Å². The van der Waals surface area contributed by atoms with Gasteiger partial charge in [0.05, 0.1) is 29.5 Å². The Hall–Kier alpha value is -4.69. The lowest BCUT2D eigenvalue weighted by atomic mass is 10.1. The number of aromatic nitrogens is 3. The molecule has 0 fully saturated rings. The highest BCUT2D eigenvalue weighted by Crippen LogP contribution is 2.36. The number of halogens is 1. The normalized spacial score (nSPS) is 14.7. The van der Waals surface area contributed by atoms with Crippen LogP contribution in [0.1, 0.15) is 25.0 Å². The van der Waals surface area contributed by atoms with Crippen LogP contribution in [-0.4, -0.2) is 56.9 Å². The van der Waals surface area contributed by atoms with E-state index in [4.69, 9.17) is 20.5 Å². The molecule has 3 heterocycles. The summed E-state index contributed by atoms with van der Waals surface area (Å²) in [7, 11) is -4.03. The largest absolute Gasteiger partial charge is 0.454 e. The summed E-state index contributed by atoms with van der Waals surface area (Å²) in [6.07, 6.45) is 6.27. The third-order valence-electron chi connectivity index (χ3n) is 7.68. The highest BCUT2D eigenvalue weighted by molar-refractivity contribution is 8.12. The number of anilines is 2. The van der Waals surface area contributed by atoms with Crippen LogP contribution in [0.2, 0.25) is 5.02 Å². The van der Waals surface area contributed by atoms with E-state index >= 15 is 0 Å². The Balaban J connectivity index is 1.15. The number of nitrogens with one attached hydrogen (secondary N) is 2. The Morgan fingerprint density at radius 2 is 1.70 bits per heavy atom. The van der Waals surface area contributed by atoms with E-state index in [0.29, 0.717) is 34.3 Å². The number of hydrogen-bond donors (Lipinski definition) is 2. The summed E-state index contributed by atoms with van der Waals surface area (Å²) in [5.41, 5.74) is 3.05. The Labute approximate surface area is 299 Å². The summed E-state index contributed by atoms with van der Waals surface area (Å²) in [5.74, 6) is 2.12. The molecular weight excluding hydrogens is 696 g/mol. The molecular formula is C36H37ClN6O5S2. The van der Waals surface area contributed by atoms with Crippen LogP contribution in [0.25, 0.3) is 11.0 Å². The number of benzene rings is 3. The Kier molecular flexibility index (Phi) is 10.6. The standard InChI is InChI=1S/C36H37ClN6O5S2/c1-36(2,48-50(3,45)46)35(44)38-17-19-42-18-16-31-33(42)34(40-25-39-31)41-28-14-15-32(30(37)20-28)47-29-22-43(21-26-10-6-4-7-11-26)49(24-29)23-27-12-8-5-9-13-27/h4-16,18,20,22,24-25H,17,19,21,23H2,1-3H3,(H,38,44)(H,39,40,41). The lowest BCUT2D eigenvalue weighted by molar-refractivity contribution is -0.133. The summed E-state index contributed by atoms with van der Waals surface area (Å²) >= 11 is 6.77.